The van der Waals surface area contributed by atoms with Gasteiger partial charge in [0, 0.05) is 11.6 Å². The number of carbonyl (C=O) groups excluding carboxylic acids is 2. The molecule has 0 bridgehead atoms. The van der Waals surface area contributed by atoms with Crippen molar-refractivity contribution in [3.63, 3.8) is 0 Å². The van der Waals surface area contributed by atoms with Gasteiger partial charge >= 0.3 is 0 Å². The third kappa shape index (κ3) is 5.87. The number of likely N-dealkylation sites (N-methyl/N-ethyl adjacent to an activating group) is 1. The second-order valence-corrected chi connectivity index (χ2v) is 7.23. The fourth-order valence-corrected chi connectivity index (χ4v) is 3.30. The number of para-hydroxylation sites is 2. The van der Waals surface area contributed by atoms with E-state index < -0.39 is 6.10 Å². The van der Waals surface area contributed by atoms with Gasteiger partial charge in [-0.15, -0.1) is 0 Å². The number of rotatable bonds is 8. The van der Waals surface area contributed by atoms with E-state index in [1.807, 2.05) is 6.07 Å². The lowest BCUT2D eigenvalue weighted by Gasteiger charge is -2.25. The molecule has 0 saturated heterocycles. The normalized spacial score (nSPS) is 11.5. The number of nitrogens with zero attached hydrogens (tertiary/aromatic N) is 1. The second kappa shape index (κ2) is 10.3. The standard InChI is InChI=1S/C20H22BrClN2O4/c1-4-24(12-19(25)23-16-7-5-6-8-18(16)27-3)20(26)13(2)28-17-10-9-14(22)11-15(17)21/h5-11,13H,4,12H2,1-3H3,(H,23,25). The highest BCUT2D eigenvalue weighted by Gasteiger charge is 2.24. The maximum atomic E-state index is 12.7. The minimum atomic E-state index is -0.767. The van der Waals surface area contributed by atoms with Crippen molar-refractivity contribution < 1.29 is 19.1 Å². The molecule has 1 unspecified atom stereocenters. The van der Waals surface area contributed by atoms with Gasteiger partial charge in [-0.2, -0.15) is 0 Å². The van der Waals surface area contributed by atoms with Gasteiger partial charge in [0.25, 0.3) is 5.91 Å². The second-order valence-electron chi connectivity index (χ2n) is 5.94. The Kier molecular flexibility index (Phi) is 8.14. The number of carbonyl (C=O) groups is 2. The van der Waals surface area contributed by atoms with E-state index in [0.29, 0.717) is 33.2 Å². The van der Waals surface area contributed by atoms with Gasteiger partial charge in [-0.1, -0.05) is 23.7 Å². The van der Waals surface area contributed by atoms with Crippen molar-refractivity contribution in [3.8, 4) is 11.5 Å². The highest BCUT2D eigenvalue weighted by Crippen LogP contribution is 2.29. The lowest BCUT2D eigenvalue weighted by atomic mass is 10.2. The Balaban J connectivity index is 2.00. The van der Waals surface area contributed by atoms with Gasteiger partial charge in [0.15, 0.2) is 6.10 Å². The lowest BCUT2D eigenvalue weighted by molar-refractivity contribution is -0.140. The van der Waals surface area contributed by atoms with E-state index in [0.717, 1.165) is 0 Å². The molecule has 28 heavy (non-hydrogen) atoms. The number of methoxy groups -OCH3 is 1. The van der Waals surface area contributed by atoms with Gasteiger partial charge in [0.05, 0.1) is 23.8 Å². The van der Waals surface area contributed by atoms with Crippen LogP contribution in [0.5, 0.6) is 11.5 Å². The predicted molar refractivity (Wildman–Crippen MR) is 113 cm³/mol. The van der Waals surface area contributed by atoms with Crippen molar-refractivity contribution >= 4 is 45.0 Å². The molecule has 0 fully saturated rings. The van der Waals surface area contributed by atoms with Gasteiger partial charge in [-0.05, 0) is 60.1 Å². The molecule has 1 atom stereocenters. The molecule has 0 aliphatic rings. The van der Waals surface area contributed by atoms with Crippen molar-refractivity contribution in [1.29, 1.82) is 0 Å². The first-order valence-electron chi connectivity index (χ1n) is 8.69. The summed E-state index contributed by atoms with van der Waals surface area (Å²) >= 11 is 9.28. The van der Waals surface area contributed by atoms with Crippen LogP contribution in [0.2, 0.25) is 5.02 Å². The molecule has 0 saturated carbocycles. The molecule has 0 radical (unpaired) electrons. The number of ether oxygens (including phenoxy) is 2. The molecule has 0 aliphatic heterocycles. The van der Waals surface area contributed by atoms with E-state index in [4.69, 9.17) is 21.1 Å². The highest BCUT2D eigenvalue weighted by molar-refractivity contribution is 9.10. The fourth-order valence-electron chi connectivity index (χ4n) is 2.53. The van der Waals surface area contributed by atoms with Crippen LogP contribution in [0.4, 0.5) is 5.69 Å². The molecule has 150 valence electrons. The van der Waals surface area contributed by atoms with Crippen LogP contribution in [0.1, 0.15) is 13.8 Å². The van der Waals surface area contributed by atoms with Crippen LogP contribution in [-0.2, 0) is 9.59 Å². The number of halogens is 2. The average Bonchev–Trinajstić information content (AvgIpc) is 2.68. The number of nitrogens with one attached hydrogen (secondary N) is 1. The van der Waals surface area contributed by atoms with Crippen LogP contribution in [0.25, 0.3) is 0 Å². The zero-order valence-electron chi connectivity index (χ0n) is 15.9. The molecule has 0 aliphatic carbocycles. The van der Waals surface area contributed by atoms with E-state index in [-0.39, 0.29) is 18.4 Å². The largest absolute Gasteiger partial charge is 0.495 e. The zero-order valence-corrected chi connectivity index (χ0v) is 18.2. The molecule has 2 amide bonds. The summed E-state index contributed by atoms with van der Waals surface area (Å²) in [6.07, 6.45) is -0.767. The molecule has 6 nitrogen and oxygen atoms in total. The zero-order chi connectivity index (χ0) is 20.7. The minimum Gasteiger partial charge on any atom is -0.495 e. The van der Waals surface area contributed by atoms with Crippen LogP contribution < -0.4 is 14.8 Å². The Morgan fingerprint density at radius 3 is 2.57 bits per heavy atom. The number of hydrogen-bond donors (Lipinski definition) is 1. The van der Waals surface area contributed by atoms with Gasteiger partial charge in [0.2, 0.25) is 5.91 Å². The maximum absolute atomic E-state index is 12.7. The van der Waals surface area contributed by atoms with Crippen LogP contribution >= 0.6 is 27.5 Å². The molecular weight excluding hydrogens is 448 g/mol. The molecule has 0 aromatic heterocycles. The van der Waals surface area contributed by atoms with E-state index in [2.05, 4.69) is 21.2 Å². The van der Waals surface area contributed by atoms with E-state index in [9.17, 15) is 9.59 Å². The molecule has 2 aromatic rings. The summed E-state index contributed by atoms with van der Waals surface area (Å²) in [7, 11) is 1.53. The van der Waals surface area contributed by atoms with Gasteiger partial charge in [-0.25, -0.2) is 0 Å². The molecule has 2 rings (SSSR count). The minimum absolute atomic E-state index is 0.0944. The number of anilines is 1. The summed E-state index contributed by atoms with van der Waals surface area (Å²) in [5.74, 6) is 0.438. The van der Waals surface area contributed by atoms with Gasteiger partial charge < -0.3 is 19.7 Å². The molecular formula is C20H22BrClN2O4. The summed E-state index contributed by atoms with van der Waals surface area (Å²) in [5, 5.41) is 3.32. The summed E-state index contributed by atoms with van der Waals surface area (Å²) in [5.41, 5.74) is 0.549. The highest BCUT2D eigenvalue weighted by atomic mass is 79.9. The first kappa shape index (κ1) is 22.0. The van der Waals surface area contributed by atoms with Gasteiger partial charge in [-0.3, -0.25) is 9.59 Å². The Bertz CT molecular complexity index is 847. The average molecular weight is 470 g/mol. The fraction of sp³-hybridized carbons (Fsp3) is 0.300. The van der Waals surface area contributed by atoms with E-state index >= 15 is 0 Å². The van der Waals surface area contributed by atoms with Crippen LogP contribution in [-0.4, -0.2) is 43.0 Å². The summed E-state index contributed by atoms with van der Waals surface area (Å²) < 4.78 is 11.6. The number of amides is 2. The van der Waals surface area contributed by atoms with Crippen LogP contribution in [0, 0.1) is 0 Å². The SMILES string of the molecule is CCN(CC(=O)Nc1ccccc1OC)C(=O)C(C)Oc1ccc(Cl)cc1Br. The molecule has 8 heteroatoms. The molecule has 0 heterocycles. The maximum Gasteiger partial charge on any atom is 0.263 e. The van der Waals surface area contributed by atoms with E-state index in [1.54, 1.807) is 50.2 Å². The Morgan fingerprint density at radius 2 is 1.93 bits per heavy atom. The van der Waals surface area contributed by atoms with Crippen molar-refractivity contribution in [3.05, 3.63) is 52.0 Å². The van der Waals surface area contributed by atoms with Gasteiger partial charge in [0.1, 0.15) is 11.5 Å². The van der Waals surface area contributed by atoms with Crippen molar-refractivity contribution in [2.45, 2.75) is 20.0 Å². The first-order chi connectivity index (χ1) is 13.3. The third-order valence-electron chi connectivity index (χ3n) is 3.95. The summed E-state index contributed by atoms with van der Waals surface area (Å²) in [4.78, 5) is 26.6. The van der Waals surface area contributed by atoms with E-state index in [1.165, 1.54) is 12.0 Å². The smallest absolute Gasteiger partial charge is 0.263 e. The molecule has 1 N–H and O–H groups in total. The molecule has 0 spiro atoms. The van der Waals surface area contributed by atoms with Crippen molar-refractivity contribution in [2.24, 2.45) is 0 Å². The monoisotopic (exact) mass is 468 g/mol. The number of hydrogen-bond acceptors (Lipinski definition) is 4. The van der Waals surface area contributed by atoms with Crippen LogP contribution in [0.3, 0.4) is 0 Å². The Labute approximate surface area is 177 Å². The lowest BCUT2D eigenvalue weighted by Crippen LogP contribution is -2.44. The third-order valence-corrected chi connectivity index (χ3v) is 4.81. The van der Waals surface area contributed by atoms with Crippen molar-refractivity contribution in [1.82, 2.24) is 4.90 Å². The quantitative estimate of drug-likeness (QED) is 0.623. The number of benzene rings is 2. The topological polar surface area (TPSA) is 67.9 Å². The van der Waals surface area contributed by atoms with Crippen molar-refractivity contribution in [2.75, 3.05) is 25.5 Å². The summed E-state index contributed by atoms with van der Waals surface area (Å²) in [6.45, 7) is 3.72. The summed E-state index contributed by atoms with van der Waals surface area (Å²) in [6, 6.07) is 12.1. The molecule has 2 aromatic carbocycles. The Hall–Kier alpha value is -2.25. The van der Waals surface area contributed by atoms with Crippen LogP contribution in [0.15, 0.2) is 46.9 Å². The Morgan fingerprint density at radius 1 is 1.21 bits per heavy atom. The first-order valence-corrected chi connectivity index (χ1v) is 9.86. The predicted octanol–water partition coefficient (Wildman–Crippen LogP) is 4.37.